The van der Waals surface area contributed by atoms with E-state index in [1.807, 2.05) is 49.4 Å². The van der Waals surface area contributed by atoms with Gasteiger partial charge in [-0.3, -0.25) is 14.4 Å². The van der Waals surface area contributed by atoms with Crippen molar-refractivity contribution in [2.75, 3.05) is 13.1 Å². The van der Waals surface area contributed by atoms with Crippen LogP contribution in [0.1, 0.15) is 11.3 Å². The van der Waals surface area contributed by atoms with Gasteiger partial charge in [-0.25, -0.2) is 4.68 Å². The Morgan fingerprint density at radius 1 is 1.07 bits per heavy atom. The van der Waals surface area contributed by atoms with Crippen LogP contribution in [-0.4, -0.2) is 45.6 Å². The van der Waals surface area contributed by atoms with Crippen LogP contribution in [0.15, 0.2) is 59.4 Å². The summed E-state index contributed by atoms with van der Waals surface area (Å²) in [6, 6.07) is 16.2. The highest BCUT2D eigenvalue weighted by Crippen LogP contribution is 2.14. The Hall–Kier alpha value is -3.48. The predicted molar refractivity (Wildman–Crippen MR) is 109 cm³/mol. The van der Waals surface area contributed by atoms with E-state index in [1.165, 1.54) is 4.68 Å². The summed E-state index contributed by atoms with van der Waals surface area (Å²) in [5.41, 5.74) is 1.36. The molecular weight excluding hydrogens is 368 g/mol. The van der Waals surface area contributed by atoms with Crippen LogP contribution in [0, 0.1) is 6.92 Å². The highest BCUT2D eigenvalue weighted by Gasteiger charge is 2.33. The summed E-state index contributed by atoms with van der Waals surface area (Å²) < 4.78 is 1.20. The van der Waals surface area contributed by atoms with E-state index in [2.05, 4.69) is 10.4 Å². The van der Waals surface area contributed by atoms with Gasteiger partial charge in [0.1, 0.15) is 12.6 Å². The van der Waals surface area contributed by atoms with E-state index in [9.17, 15) is 14.4 Å². The number of fused-ring (bicyclic) bond motifs is 1. The van der Waals surface area contributed by atoms with Crippen LogP contribution in [0.3, 0.4) is 0 Å². The minimum Gasteiger partial charge on any atom is -0.353 e. The first-order chi connectivity index (χ1) is 14.0. The quantitative estimate of drug-likeness (QED) is 0.727. The molecule has 4 rings (SSSR count). The number of carbonyl (C=O) groups is 2. The first kappa shape index (κ1) is 18.9. The van der Waals surface area contributed by atoms with E-state index in [0.717, 1.165) is 10.9 Å². The number of piperazine rings is 1. The molecule has 0 unspecified atom stereocenters. The molecule has 0 radical (unpaired) electrons. The van der Waals surface area contributed by atoms with Crippen molar-refractivity contribution in [3.8, 4) is 0 Å². The van der Waals surface area contributed by atoms with Crippen molar-refractivity contribution in [2.45, 2.75) is 25.9 Å². The zero-order chi connectivity index (χ0) is 20.4. The van der Waals surface area contributed by atoms with Crippen molar-refractivity contribution >= 4 is 22.6 Å². The molecule has 2 amide bonds. The number of aromatic nitrogens is 2. The molecule has 1 atom stereocenters. The van der Waals surface area contributed by atoms with Gasteiger partial charge in [-0.2, -0.15) is 5.10 Å². The van der Waals surface area contributed by atoms with E-state index in [1.54, 1.807) is 17.0 Å². The average molecular weight is 390 g/mol. The van der Waals surface area contributed by atoms with Gasteiger partial charge in [0.05, 0.1) is 11.1 Å². The topological polar surface area (TPSA) is 84.3 Å². The first-order valence-electron chi connectivity index (χ1n) is 9.62. The maximum absolute atomic E-state index is 13.1. The Morgan fingerprint density at radius 2 is 1.76 bits per heavy atom. The maximum Gasteiger partial charge on any atom is 0.275 e. The van der Waals surface area contributed by atoms with Crippen LogP contribution >= 0.6 is 0 Å². The lowest BCUT2D eigenvalue weighted by Gasteiger charge is -2.35. The smallest absolute Gasteiger partial charge is 0.275 e. The van der Waals surface area contributed by atoms with Gasteiger partial charge in [-0.05, 0) is 18.6 Å². The number of nitrogens with one attached hydrogen (secondary N) is 1. The van der Waals surface area contributed by atoms with Gasteiger partial charge < -0.3 is 10.2 Å². The van der Waals surface area contributed by atoms with E-state index in [-0.39, 0.29) is 23.9 Å². The highest BCUT2D eigenvalue weighted by atomic mass is 16.2. The molecule has 2 aromatic carbocycles. The Balaban J connectivity index is 1.61. The van der Waals surface area contributed by atoms with Crippen LogP contribution in [0.4, 0.5) is 0 Å². The molecule has 148 valence electrons. The molecule has 0 saturated carbocycles. The molecule has 2 heterocycles. The van der Waals surface area contributed by atoms with E-state index >= 15 is 0 Å². The third-order valence-corrected chi connectivity index (χ3v) is 5.26. The summed E-state index contributed by atoms with van der Waals surface area (Å²) in [4.78, 5) is 39.9. The summed E-state index contributed by atoms with van der Waals surface area (Å²) in [6.07, 6.45) is 0.428. The van der Waals surface area contributed by atoms with E-state index < -0.39 is 6.04 Å². The number of rotatable bonds is 4. The molecular formula is C22H22N4O3. The summed E-state index contributed by atoms with van der Waals surface area (Å²) in [7, 11) is 0. The summed E-state index contributed by atoms with van der Waals surface area (Å²) in [6.45, 7) is 2.43. The standard InChI is InChI=1S/C22H22N4O3/c1-15-17-9-5-6-10-18(17)22(29)26(24-15)14-20(27)25-12-11-23-21(28)19(25)13-16-7-3-2-4-8-16/h2-10,19H,11-14H2,1H3,(H,23,28)/t19-/m0/s1. The second-order valence-corrected chi connectivity index (χ2v) is 7.18. The van der Waals surface area contributed by atoms with Gasteiger partial charge in [-0.15, -0.1) is 0 Å². The molecule has 1 aliphatic heterocycles. The average Bonchev–Trinajstić information content (AvgIpc) is 2.74. The van der Waals surface area contributed by atoms with Crippen molar-refractivity contribution < 1.29 is 9.59 Å². The minimum absolute atomic E-state index is 0.177. The zero-order valence-electron chi connectivity index (χ0n) is 16.2. The van der Waals surface area contributed by atoms with Crippen molar-refractivity contribution in [3.05, 3.63) is 76.2 Å². The molecule has 1 aromatic heterocycles. The molecule has 1 fully saturated rings. The van der Waals surface area contributed by atoms with Crippen molar-refractivity contribution in [1.29, 1.82) is 0 Å². The fourth-order valence-electron chi connectivity index (χ4n) is 3.78. The van der Waals surface area contributed by atoms with Crippen LogP contribution in [0.25, 0.3) is 10.8 Å². The molecule has 7 heteroatoms. The first-order valence-corrected chi connectivity index (χ1v) is 9.62. The Morgan fingerprint density at radius 3 is 2.52 bits per heavy atom. The Labute approximate surface area is 167 Å². The second kappa shape index (κ2) is 7.87. The van der Waals surface area contributed by atoms with Crippen LogP contribution in [0.2, 0.25) is 0 Å². The summed E-state index contributed by atoms with van der Waals surface area (Å²) in [5.74, 6) is -0.464. The van der Waals surface area contributed by atoms with Gasteiger partial charge in [0.15, 0.2) is 0 Å². The number of benzene rings is 2. The number of nitrogens with zero attached hydrogens (tertiary/aromatic N) is 3. The molecule has 29 heavy (non-hydrogen) atoms. The zero-order valence-corrected chi connectivity index (χ0v) is 16.2. The SMILES string of the molecule is Cc1nn(CC(=O)N2CCNC(=O)[C@@H]2Cc2ccccc2)c(=O)c2ccccc12. The molecule has 3 aromatic rings. The lowest BCUT2D eigenvalue weighted by molar-refractivity contribution is -0.143. The van der Waals surface area contributed by atoms with Crippen LogP contribution in [0.5, 0.6) is 0 Å². The van der Waals surface area contributed by atoms with Gasteiger partial charge in [0.25, 0.3) is 5.56 Å². The predicted octanol–water partition coefficient (Wildman–Crippen LogP) is 1.27. The van der Waals surface area contributed by atoms with Gasteiger partial charge >= 0.3 is 0 Å². The van der Waals surface area contributed by atoms with Crippen LogP contribution < -0.4 is 10.9 Å². The summed E-state index contributed by atoms with van der Waals surface area (Å²) >= 11 is 0. The number of aryl methyl sites for hydroxylation is 1. The summed E-state index contributed by atoms with van der Waals surface area (Å²) in [5, 5.41) is 8.46. The number of carbonyl (C=O) groups excluding carboxylic acids is 2. The molecule has 0 aliphatic carbocycles. The molecule has 0 bridgehead atoms. The lowest BCUT2D eigenvalue weighted by Crippen LogP contribution is -2.58. The van der Waals surface area contributed by atoms with Gasteiger partial charge in [0, 0.05) is 24.9 Å². The number of amides is 2. The van der Waals surface area contributed by atoms with Crippen molar-refractivity contribution in [2.24, 2.45) is 0 Å². The monoisotopic (exact) mass is 390 g/mol. The van der Waals surface area contributed by atoms with Gasteiger partial charge in [-0.1, -0.05) is 48.5 Å². The third kappa shape index (κ3) is 3.76. The van der Waals surface area contributed by atoms with E-state index in [0.29, 0.717) is 30.6 Å². The maximum atomic E-state index is 13.1. The van der Waals surface area contributed by atoms with Crippen LogP contribution in [-0.2, 0) is 22.6 Å². The Kier molecular flexibility index (Phi) is 5.12. The van der Waals surface area contributed by atoms with Crippen molar-refractivity contribution in [1.82, 2.24) is 20.0 Å². The molecule has 0 spiro atoms. The fourth-order valence-corrected chi connectivity index (χ4v) is 3.78. The van der Waals surface area contributed by atoms with Crippen molar-refractivity contribution in [3.63, 3.8) is 0 Å². The largest absolute Gasteiger partial charge is 0.353 e. The molecule has 1 aliphatic rings. The third-order valence-electron chi connectivity index (χ3n) is 5.26. The number of hydrogen-bond donors (Lipinski definition) is 1. The van der Waals surface area contributed by atoms with E-state index in [4.69, 9.17) is 0 Å². The molecule has 1 saturated heterocycles. The lowest BCUT2D eigenvalue weighted by atomic mass is 10.0. The fraction of sp³-hybridized carbons (Fsp3) is 0.273. The highest BCUT2D eigenvalue weighted by molar-refractivity contribution is 5.89. The van der Waals surface area contributed by atoms with Gasteiger partial charge in [0.2, 0.25) is 11.8 Å². The number of hydrogen-bond acceptors (Lipinski definition) is 4. The molecule has 1 N–H and O–H groups in total. The normalized spacial score (nSPS) is 16.7. The Bertz CT molecular complexity index is 1120. The molecule has 7 nitrogen and oxygen atoms in total. The minimum atomic E-state index is -0.601. The second-order valence-electron chi connectivity index (χ2n) is 7.18.